The van der Waals surface area contributed by atoms with Gasteiger partial charge in [0.1, 0.15) is 17.2 Å². The first kappa shape index (κ1) is 77.2. The zero-order chi connectivity index (χ0) is 70.4. The Morgan fingerprint density at radius 3 is 0.670 bits per heavy atom. The molecule has 0 aliphatic rings. The van der Waals surface area contributed by atoms with Gasteiger partial charge in [-0.3, -0.25) is 29.5 Å². The Labute approximate surface area is 592 Å². The summed E-state index contributed by atoms with van der Waals surface area (Å²) in [6.07, 6.45) is 8.09. The van der Waals surface area contributed by atoms with E-state index in [0.29, 0.717) is 58.2 Å². The van der Waals surface area contributed by atoms with Crippen molar-refractivity contribution in [3.8, 4) is 17.2 Å². The molecule has 0 heterocycles. The van der Waals surface area contributed by atoms with Crippen LogP contribution in [0, 0.1) is 0 Å². The average Bonchev–Trinajstić information content (AvgIpc) is 0.772. The SMILES string of the molecule is COc1ccc(C(NCCCCCCOP(N)(=O)OP(OP(N)(=O)OCCCCCCNC(c2ccccc2)(c2ccccc2)c2ccc(OC)cc2)OP(N)(=O)OCCCCCCNC(c2ccccc2)(c2ccccc2)c2ccc(OC)cc2)(c2ccccc2)c2ccccc2)cc1. The molecule has 100 heavy (non-hydrogen) atoms. The van der Waals surface area contributed by atoms with Crippen molar-refractivity contribution in [2.45, 2.75) is 93.7 Å². The van der Waals surface area contributed by atoms with Gasteiger partial charge < -0.3 is 14.2 Å². The van der Waals surface area contributed by atoms with Crippen LogP contribution in [-0.4, -0.2) is 60.8 Å². The Balaban J connectivity index is 0.786. The Bertz CT molecular complexity index is 3430. The molecule has 22 heteroatoms. The minimum absolute atomic E-state index is 0.0885. The van der Waals surface area contributed by atoms with E-state index in [-0.39, 0.29) is 19.8 Å². The van der Waals surface area contributed by atoms with Crippen LogP contribution >= 0.6 is 31.8 Å². The topological polar surface area (TPSA) is 248 Å². The number of unbranched alkanes of at least 4 members (excludes halogenated alkanes) is 9. The maximum atomic E-state index is 13.9. The number of benzene rings is 9. The first-order valence-electron chi connectivity index (χ1n) is 34.2. The van der Waals surface area contributed by atoms with Gasteiger partial charge in [-0.25, -0.2) is 43.1 Å². The summed E-state index contributed by atoms with van der Waals surface area (Å²) >= 11 is 0. The first-order chi connectivity index (χ1) is 48.6. The van der Waals surface area contributed by atoms with Gasteiger partial charge in [0.2, 0.25) is 0 Å². The molecule has 9 aromatic rings. The molecule has 9 aromatic carbocycles. The fourth-order valence-corrected chi connectivity index (χ4v) is 17.7. The van der Waals surface area contributed by atoms with Crippen LogP contribution in [0.5, 0.6) is 17.2 Å². The monoisotopic (exact) mass is 1430 g/mol. The molecule has 18 nitrogen and oxygen atoms in total. The fraction of sp³-hybridized carbons (Fsp3) is 0.308. The minimum atomic E-state index is -4.59. The summed E-state index contributed by atoms with van der Waals surface area (Å²) in [6.45, 7) is 1.69. The molecule has 530 valence electrons. The van der Waals surface area contributed by atoms with Crippen LogP contribution in [0.3, 0.4) is 0 Å². The maximum Gasteiger partial charge on any atom is 0.409 e. The van der Waals surface area contributed by atoms with Crippen molar-refractivity contribution in [3.05, 3.63) is 305 Å². The lowest BCUT2D eigenvalue weighted by atomic mass is 9.77. The molecule has 0 saturated heterocycles. The van der Waals surface area contributed by atoms with Crippen molar-refractivity contribution in [1.82, 2.24) is 16.0 Å². The van der Waals surface area contributed by atoms with Crippen LogP contribution in [0.4, 0.5) is 0 Å². The molecule has 0 fully saturated rings. The van der Waals surface area contributed by atoms with Gasteiger partial charge >= 0.3 is 31.8 Å². The van der Waals surface area contributed by atoms with E-state index >= 15 is 0 Å². The molecular weight excluding hydrogens is 1340 g/mol. The van der Waals surface area contributed by atoms with E-state index in [2.05, 4.69) is 125 Å². The quantitative estimate of drug-likeness (QED) is 0.0118. The van der Waals surface area contributed by atoms with E-state index < -0.39 is 48.5 Å². The van der Waals surface area contributed by atoms with E-state index in [1.54, 1.807) is 21.3 Å². The fourth-order valence-electron chi connectivity index (χ4n) is 12.6. The van der Waals surface area contributed by atoms with Crippen molar-refractivity contribution < 1.29 is 54.4 Å². The van der Waals surface area contributed by atoms with Gasteiger partial charge in [0.05, 0.1) is 57.8 Å². The number of rotatable bonds is 45. The van der Waals surface area contributed by atoms with Crippen LogP contribution < -0.4 is 46.7 Å². The lowest BCUT2D eigenvalue weighted by Crippen LogP contribution is -2.45. The number of methoxy groups -OCH3 is 3. The third kappa shape index (κ3) is 21.5. The highest BCUT2D eigenvalue weighted by molar-refractivity contribution is 7.70. The van der Waals surface area contributed by atoms with E-state index in [1.165, 1.54) is 0 Å². The van der Waals surface area contributed by atoms with E-state index in [1.807, 2.05) is 146 Å². The van der Waals surface area contributed by atoms with E-state index in [9.17, 15) is 13.7 Å². The van der Waals surface area contributed by atoms with Crippen molar-refractivity contribution in [1.29, 1.82) is 0 Å². The second-order valence-electron chi connectivity index (χ2n) is 24.2. The summed E-state index contributed by atoms with van der Waals surface area (Å²) in [5, 5.41) is 11.7. The van der Waals surface area contributed by atoms with Crippen LogP contribution in [0.15, 0.2) is 255 Å². The summed E-state index contributed by atoms with van der Waals surface area (Å²) in [4.78, 5) is 0. The summed E-state index contributed by atoms with van der Waals surface area (Å²) < 4.78 is 91.9. The Hall–Kier alpha value is -6.98. The molecule has 9 N–H and O–H groups in total. The van der Waals surface area contributed by atoms with Crippen LogP contribution in [-0.2, 0) is 56.8 Å². The lowest BCUT2D eigenvalue weighted by Gasteiger charge is -2.37. The molecular formula is C78H96N6O12P4. The first-order valence-corrected chi connectivity index (χ1v) is 40.1. The highest BCUT2D eigenvalue weighted by atomic mass is 31.3. The third-order valence-corrected chi connectivity index (χ3v) is 23.5. The highest BCUT2D eigenvalue weighted by Crippen LogP contribution is 2.68. The maximum absolute atomic E-state index is 13.9. The smallest absolute Gasteiger partial charge is 0.409 e. The van der Waals surface area contributed by atoms with Crippen molar-refractivity contribution in [2.24, 2.45) is 16.5 Å². The molecule has 3 atom stereocenters. The van der Waals surface area contributed by atoms with Crippen molar-refractivity contribution in [3.63, 3.8) is 0 Å². The van der Waals surface area contributed by atoms with Gasteiger partial charge in [0, 0.05) is 0 Å². The van der Waals surface area contributed by atoms with Crippen molar-refractivity contribution in [2.75, 3.05) is 60.8 Å². The number of hydrogen-bond donors (Lipinski definition) is 6. The van der Waals surface area contributed by atoms with Gasteiger partial charge in [-0.05, 0) is 145 Å². The van der Waals surface area contributed by atoms with Gasteiger partial charge in [0.15, 0.2) is 0 Å². The summed E-state index contributed by atoms with van der Waals surface area (Å²) in [5.41, 5.74) is 26.2. The summed E-state index contributed by atoms with van der Waals surface area (Å²) in [7, 11) is -12.0. The zero-order valence-corrected chi connectivity index (χ0v) is 61.0. The minimum Gasteiger partial charge on any atom is -0.497 e. The molecule has 0 aliphatic heterocycles. The Morgan fingerprint density at radius 2 is 0.470 bits per heavy atom. The zero-order valence-electron chi connectivity index (χ0n) is 57.4. The molecule has 3 unspecified atom stereocenters. The molecule has 0 bridgehead atoms. The second kappa shape index (κ2) is 38.9. The van der Waals surface area contributed by atoms with Gasteiger partial charge in [-0.2, -0.15) is 0 Å². The standard InChI is InChI=1S/C78H96N6O12P4/c1-88-73-52-46-70(47-53-73)76(64-34-16-10-17-35-64,65-36-18-11-19-37-65)82-58-28-4-7-31-61-91-98(79,85)94-97(95-99(80,86)92-62-32-8-5-29-59-83-77(66-38-20-12-21-39-66,67-40-22-13-23-41-67)71-48-54-74(89-2)55-49-71)96-100(81,87)93-63-33-9-6-30-60-84-78(68-42-24-14-25-43-68,69-44-26-15-27-45-69)72-50-56-75(90-3)57-51-72/h10-27,34-57,82-84H,4-9,28-33,58-63H2,1-3H3,(H2,79,85)(H2,80,86)(H2,81,87). The molecule has 0 spiro atoms. The third-order valence-electron chi connectivity index (χ3n) is 17.5. The number of ether oxygens (including phenoxy) is 3. The Morgan fingerprint density at radius 1 is 0.280 bits per heavy atom. The molecule has 9 rings (SSSR count). The second-order valence-corrected chi connectivity index (χ2v) is 30.7. The molecule has 0 saturated carbocycles. The number of nitrogens with two attached hydrogens (primary N) is 3. The van der Waals surface area contributed by atoms with E-state index in [0.717, 1.165) is 106 Å². The molecule has 0 aromatic heterocycles. The van der Waals surface area contributed by atoms with Gasteiger partial charge in [-0.1, -0.05) is 257 Å². The van der Waals surface area contributed by atoms with Crippen LogP contribution in [0.25, 0.3) is 0 Å². The Kier molecular flexibility index (Phi) is 30.0. The average molecular weight is 1430 g/mol. The van der Waals surface area contributed by atoms with Crippen LogP contribution in [0.2, 0.25) is 0 Å². The summed E-state index contributed by atoms with van der Waals surface area (Å²) in [6, 6.07) is 86.4. The molecule has 0 aliphatic carbocycles. The largest absolute Gasteiger partial charge is 0.497 e. The number of hydrogen-bond acceptors (Lipinski definition) is 15. The lowest BCUT2D eigenvalue weighted by molar-refractivity contribution is 0.218. The highest BCUT2D eigenvalue weighted by Gasteiger charge is 2.41. The molecule has 0 radical (unpaired) electrons. The molecule has 0 amide bonds. The van der Waals surface area contributed by atoms with E-state index in [4.69, 9.17) is 57.2 Å². The van der Waals surface area contributed by atoms with Crippen molar-refractivity contribution >= 4 is 31.8 Å². The van der Waals surface area contributed by atoms with Gasteiger partial charge in [-0.15, -0.1) is 0 Å². The predicted octanol–water partition coefficient (Wildman–Crippen LogP) is 18.0. The van der Waals surface area contributed by atoms with Gasteiger partial charge in [0.25, 0.3) is 0 Å². The predicted molar refractivity (Wildman–Crippen MR) is 400 cm³/mol. The summed E-state index contributed by atoms with van der Waals surface area (Å²) in [5.74, 6) is 2.28. The van der Waals surface area contributed by atoms with Crippen LogP contribution in [0.1, 0.15) is 127 Å². The number of nitrogens with one attached hydrogen (secondary N) is 3. The normalized spacial score (nSPS) is 14.1.